The predicted octanol–water partition coefficient (Wildman–Crippen LogP) is 15.9. The third-order valence-electron chi connectivity index (χ3n) is 11.6. The molecular formula is C56H46N2. The summed E-state index contributed by atoms with van der Waals surface area (Å²) in [4.78, 5) is 4.73. The van der Waals surface area contributed by atoms with Gasteiger partial charge in [0, 0.05) is 39.2 Å². The topological polar surface area (TPSA) is 6.48 Å². The van der Waals surface area contributed by atoms with Crippen LogP contribution in [0.2, 0.25) is 0 Å². The van der Waals surface area contributed by atoms with Crippen LogP contribution < -0.4 is 9.80 Å². The zero-order valence-electron chi connectivity index (χ0n) is 33.3. The smallest absolute Gasteiger partial charge is 0.0540 e. The minimum atomic E-state index is -0.176. The largest absolute Gasteiger partial charge is 0.310 e. The Kier molecular flexibility index (Phi) is 9.69. The lowest BCUT2D eigenvalue weighted by Gasteiger charge is -2.29. The molecule has 0 bridgehead atoms. The van der Waals surface area contributed by atoms with E-state index < -0.39 is 0 Å². The van der Waals surface area contributed by atoms with E-state index >= 15 is 0 Å². The summed E-state index contributed by atoms with van der Waals surface area (Å²) in [6, 6.07) is 70.1. The molecule has 8 aromatic carbocycles. The Morgan fingerprint density at radius 3 is 1.53 bits per heavy atom. The van der Waals surface area contributed by atoms with E-state index in [9.17, 15) is 0 Å². The third kappa shape index (κ3) is 6.63. The number of benzene rings is 8. The van der Waals surface area contributed by atoms with Gasteiger partial charge in [-0.1, -0.05) is 166 Å². The van der Waals surface area contributed by atoms with Gasteiger partial charge in [0.05, 0.1) is 5.69 Å². The number of allylic oxidation sites excluding steroid dienone is 5. The predicted molar refractivity (Wildman–Crippen MR) is 249 cm³/mol. The minimum Gasteiger partial charge on any atom is -0.310 e. The number of anilines is 6. The molecule has 0 saturated heterocycles. The fourth-order valence-corrected chi connectivity index (χ4v) is 8.66. The number of hydrogen-bond donors (Lipinski definition) is 0. The van der Waals surface area contributed by atoms with E-state index in [1.165, 1.54) is 49.7 Å². The van der Waals surface area contributed by atoms with Gasteiger partial charge in [-0.25, -0.2) is 0 Å². The molecule has 1 aliphatic rings. The van der Waals surface area contributed by atoms with E-state index in [0.29, 0.717) is 0 Å². The van der Waals surface area contributed by atoms with Crippen molar-refractivity contribution >= 4 is 50.5 Å². The van der Waals surface area contributed by atoms with Crippen LogP contribution in [0.15, 0.2) is 225 Å². The maximum absolute atomic E-state index is 4.22. The molecule has 0 spiro atoms. The number of para-hydroxylation sites is 1. The average Bonchev–Trinajstić information content (AvgIpc) is 3.49. The van der Waals surface area contributed by atoms with Crippen LogP contribution in [-0.2, 0) is 5.41 Å². The molecule has 0 heterocycles. The maximum Gasteiger partial charge on any atom is 0.0540 e. The van der Waals surface area contributed by atoms with Gasteiger partial charge in [0.2, 0.25) is 0 Å². The molecule has 0 radical (unpaired) electrons. The number of hydrogen-bond acceptors (Lipinski definition) is 2. The molecular weight excluding hydrogens is 701 g/mol. The Morgan fingerprint density at radius 1 is 0.466 bits per heavy atom. The molecule has 0 fully saturated rings. The first-order valence-electron chi connectivity index (χ1n) is 20.1. The summed E-state index contributed by atoms with van der Waals surface area (Å²) in [5.74, 6) is 0. The van der Waals surface area contributed by atoms with Crippen molar-refractivity contribution in [3.63, 3.8) is 0 Å². The monoisotopic (exact) mass is 746 g/mol. The minimum absolute atomic E-state index is 0.176. The summed E-state index contributed by atoms with van der Waals surface area (Å²) < 4.78 is 0. The average molecular weight is 747 g/mol. The van der Waals surface area contributed by atoms with Crippen LogP contribution in [0, 0.1) is 0 Å². The second kappa shape index (κ2) is 15.4. The molecule has 0 amide bonds. The maximum atomic E-state index is 4.22. The second-order valence-corrected chi connectivity index (χ2v) is 15.4. The van der Waals surface area contributed by atoms with Crippen molar-refractivity contribution in [3.8, 4) is 22.3 Å². The Balaban J connectivity index is 1.08. The van der Waals surface area contributed by atoms with Gasteiger partial charge in [-0.15, -0.1) is 0 Å². The van der Waals surface area contributed by atoms with Gasteiger partial charge < -0.3 is 9.80 Å². The van der Waals surface area contributed by atoms with Crippen molar-refractivity contribution in [1.29, 1.82) is 0 Å². The molecule has 0 saturated carbocycles. The summed E-state index contributed by atoms with van der Waals surface area (Å²) in [6.45, 7) is 10.9. The molecule has 9 rings (SSSR count). The molecule has 0 unspecified atom stereocenters. The highest BCUT2D eigenvalue weighted by molar-refractivity contribution is 5.99. The molecule has 0 atom stereocenters. The molecule has 0 aliphatic heterocycles. The normalized spacial score (nSPS) is 13.2. The van der Waals surface area contributed by atoms with Crippen molar-refractivity contribution in [3.05, 3.63) is 236 Å². The van der Waals surface area contributed by atoms with E-state index in [2.05, 4.69) is 243 Å². The van der Waals surface area contributed by atoms with Crippen molar-refractivity contribution in [2.45, 2.75) is 26.2 Å². The van der Waals surface area contributed by atoms with Gasteiger partial charge in [-0.05, 0) is 124 Å². The van der Waals surface area contributed by atoms with Crippen LogP contribution in [0.3, 0.4) is 0 Å². The summed E-state index contributed by atoms with van der Waals surface area (Å²) in [5.41, 5.74) is 16.4. The van der Waals surface area contributed by atoms with Gasteiger partial charge in [0.25, 0.3) is 0 Å². The van der Waals surface area contributed by atoms with Crippen LogP contribution >= 0.6 is 0 Å². The number of rotatable bonds is 10. The summed E-state index contributed by atoms with van der Waals surface area (Å²) in [6.07, 6.45) is 6.37. The Morgan fingerprint density at radius 2 is 0.948 bits per heavy atom. The molecule has 2 nitrogen and oxygen atoms in total. The summed E-state index contributed by atoms with van der Waals surface area (Å²) >= 11 is 0. The SMILES string of the molecule is C=CC1=C(/C=C\C)c2ccc(N(c3ccc(-c4ccccc4)cc3)c3ccc(-c4ccc(N(c5ccccc5)c5cccc6ccccc56)cc4)cc3)cc2C1(C)C. The lowest BCUT2D eigenvalue weighted by atomic mass is 9.81. The zero-order chi connectivity index (χ0) is 39.6. The first kappa shape index (κ1) is 36.5. The van der Waals surface area contributed by atoms with Crippen molar-refractivity contribution in [2.75, 3.05) is 9.80 Å². The van der Waals surface area contributed by atoms with Gasteiger partial charge in [0.1, 0.15) is 0 Å². The molecule has 8 aromatic rings. The first-order chi connectivity index (χ1) is 28.4. The van der Waals surface area contributed by atoms with Gasteiger partial charge in [-0.3, -0.25) is 0 Å². The van der Waals surface area contributed by atoms with Crippen LogP contribution in [-0.4, -0.2) is 0 Å². The van der Waals surface area contributed by atoms with E-state index in [4.69, 9.17) is 0 Å². The van der Waals surface area contributed by atoms with Gasteiger partial charge in [0.15, 0.2) is 0 Å². The molecule has 0 N–H and O–H groups in total. The number of fused-ring (bicyclic) bond motifs is 2. The van der Waals surface area contributed by atoms with Crippen molar-refractivity contribution in [2.24, 2.45) is 0 Å². The van der Waals surface area contributed by atoms with Gasteiger partial charge >= 0.3 is 0 Å². The Hall–Kier alpha value is -7.16. The molecule has 280 valence electrons. The molecule has 2 heteroatoms. The van der Waals surface area contributed by atoms with Crippen molar-refractivity contribution in [1.82, 2.24) is 0 Å². The summed E-state index contributed by atoms with van der Waals surface area (Å²) in [5, 5.41) is 2.44. The molecule has 1 aliphatic carbocycles. The lowest BCUT2D eigenvalue weighted by Crippen LogP contribution is -2.17. The lowest BCUT2D eigenvalue weighted by molar-refractivity contribution is 0.654. The van der Waals surface area contributed by atoms with E-state index in [1.54, 1.807) is 0 Å². The Bertz CT molecular complexity index is 2790. The van der Waals surface area contributed by atoms with Gasteiger partial charge in [-0.2, -0.15) is 0 Å². The van der Waals surface area contributed by atoms with E-state index in [0.717, 1.165) is 39.7 Å². The van der Waals surface area contributed by atoms with E-state index in [-0.39, 0.29) is 5.41 Å². The quantitative estimate of drug-likeness (QED) is 0.137. The van der Waals surface area contributed by atoms with Crippen LogP contribution in [0.1, 0.15) is 31.9 Å². The summed E-state index contributed by atoms with van der Waals surface area (Å²) in [7, 11) is 0. The fourth-order valence-electron chi connectivity index (χ4n) is 8.66. The van der Waals surface area contributed by atoms with E-state index in [1.807, 2.05) is 6.08 Å². The Labute approximate surface area is 343 Å². The highest BCUT2D eigenvalue weighted by Crippen LogP contribution is 2.50. The first-order valence-corrected chi connectivity index (χ1v) is 20.1. The van der Waals surface area contributed by atoms with Crippen LogP contribution in [0.25, 0.3) is 38.6 Å². The molecule has 0 aromatic heterocycles. The zero-order valence-corrected chi connectivity index (χ0v) is 33.3. The standard InChI is InChI=1S/C56H46N2/c1-5-16-51-52-38-37-49(39-54(52)56(3,4)53(51)6-2)57(46-31-25-41(26-32-46)40-17-9-7-10-18-40)47-33-27-42(28-34-47)43-29-35-48(36-30-43)58(45-21-11-8-12-22-45)55-24-15-20-44-19-13-14-23-50(44)55/h5-39H,2H2,1,3-4H3/b16-5-. The fraction of sp³-hybridized carbons (Fsp3) is 0.0714. The third-order valence-corrected chi connectivity index (χ3v) is 11.6. The number of nitrogens with zero attached hydrogens (tertiary/aromatic N) is 2. The van der Waals surface area contributed by atoms with Crippen LogP contribution in [0.5, 0.6) is 0 Å². The highest BCUT2D eigenvalue weighted by atomic mass is 15.1. The second-order valence-electron chi connectivity index (χ2n) is 15.4. The van der Waals surface area contributed by atoms with Crippen molar-refractivity contribution < 1.29 is 0 Å². The highest BCUT2D eigenvalue weighted by Gasteiger charge is 2.36. The molecule has 58 heavy (non-hydrogen) atoms. The van der Waals surface area contributed by atoms with Crippen LogP contribution in [0.4, 0.5) is 34.1 Å².